The van der Waals surface area contributed by atoms with Crippen molar-refractivity contribution in [3.05, 3.63) is 47.8 Å². The Hall–Kier alpha value is -3.16. The van der Waals surface area contributed by atoms with E-state index in [1.54, 1.807) is 15.8 Å². The zero-order valence-electron chi connectivity index (χ0n) is 15.0. The molecule has 0 spiro atoms. The molecular formula is C19H20N4O4. The van der Waals surface area contributed by atoms with Crippen LogP contribution in [0.2, 0.25) is 0 Å². The summed E-state index contributed by atoms with van der Waals surface area (Å²) in [5.41, 5.74) is 2.25. The lowest BCUT2D eigenvalue weighted by Gasteiger charge is -2.34. The zero-order chi connectivity index (χ0) is 19.0. The van der Waals surface area contributed by atoms with Crippen molar-refractivity contribution in [2.45, 2.75) is 25.8 Å². The number of aromatic nitrogens is 2. The van der Waals surface area contributed by atoms with Gasteiger partial charge in [-0.1, -0.05) is 18.2 Å². The Morgan fingerprint density at radius 2 is 1.85 bits per heavy atom. The standard InChI is InChI=1S/C19H20N4O4/c1-13-16(11-20-23(13)15-5-3-2-4-6-15)18(25)21-9-7-14(8-10-21)22-17(24)12-27-19(22)26/h2-6,11,14H,7-10,12H2,1H3. The van der Waals surface area contributed by atoms with Crippen LogP contribution in [0, 0.1) is 6.92 Å². The molecule has 2 fully saturated rings. The fourth-order valence-corrected chi connectivity index (χ4v) is 3.66. The van der Waals surface area contributed by atoms with E-state index in [4.69, 9.17) is 4.74 Å². The van der Waals surface area contributed by atoms with Gasteiger partial charge in [0.15, 0.2) is 6.61 Å². The van der Waals surface area contributed by atoms with Gasteiger partial charge in [0.1, 0.15) is 0 Å². The summed E-state index contributed by atoms with van der Waals surface area (Å²) in [4.78, 5) is 39.4. The first-order valence-corrected chi connectivity index (χ1v) is 8.94. The van der Waals surface area contributed by atoms with Crippen LogP contribution in [0.4, 0.5) is 4.79 Å². The van der Waals surface area contributed by atoms with Crippen molar-refractivity contribution in [1.29, 1.82) is 0 Å². The second kappa shape index (κ2) is 6.86. The molecule has 0 bridgehead atoms. The summed E-state index contributed by atoms with van der Waals surface area (Å²) in [6.07, 6.45) is 2.12. The first-order valence-electron chi connectivity index (χ1n) is 8.94. The number of likely N-dealkylation sites (tertiary alicyclic amines) is 1. The van der Waals surface area contributed by atoms with E-state index in [1.807, 2.05) is 37.3 Å². The SMILES string of the molecule is Cc1c(C(=O)N2CCC(N3C(=O)COC3=O)CC2)cnn1-c1ccccc1. The second-order valence-corrected chi connectivity index (χ2v) is 6.73. The van der Waals surface area contributed by atoms with E-state index in [9.17, 15) is 14.4 Å². The molecule has 2 aromatic rings. The molecule has 8 nitrogen and oxygen atoms in total. The lowest BCUT2D eigenvalue weighted by molar-refractivity contribution is -0.127. The van der Waals surface area contributed by atoms with Crippen molar-refractivity contribution in [3.8, 4) is 5.69 Å². The van der Waals surface area contributed by atoms with E-state index in [-0.39, 0.29) is 24.5 Å². The number of rotatable bonds is 3. The Labute approximate surface area is 156 Å². The summed E-state index contributed by atoms with van der Waals surface area (Å²) in [6.45, 7) is 2.65. The molecule has 140 valence electrons. The van der Waals surface area contributed by atoms with Crippen LogP contribution in [0.1, 0.15) is 28.9 Å². The Morgan fingerprint density at radius 3 is 2.48 bits per heavy atom. The van der Waals surface area contributed by atoms with Crippen LogP contribution in [0.3, 0.4) is 0 Å². The molecular weight excluding hydrogens is 348 g/mol. The molecule has 0 aliphatic carbocycles. The third-order valence-electron chi connectivity index (χ3n) is 5.14. The minimum atomic E-state index is -0.579. The average molecular weight is 368 g/mol. The summed E-state index contributed by atoms with van der Waals surface area (Å²) in [5, 5.41) is 4.35. The number of nitrogens with zero attached hydrogens (tertiary/aromatic N) is 4. The smallest absolute Gasteiger partial charge is 0.417 e. The molecule has 27 heavy (non-hydrogen) atoms. The molecule has 0 radical (unpaired) electrons. The minimum Gasteiger partial charge on any atom is -0.439 e. The van der Waals surface area contributed by atoms with Crippen LogP contribution in [-0.4, -0.2) is 63.2 Å². The lowest BCUT2D eigenvalue weighted by Crippen LogP contribution is -2.48. The molecule has 0 atom stereocenters. The fraction of sp³-hybridized carbons (Fsp3) is 0.368. The number of carbonyl (C=O) groups is 3. The van der Waals surface area contributed by atoms with Crippen LogP contribution >= 0.6 is 0 Å². The second-order valence-electron chi connectivity index (χ2n) is 6.73. The third-order valence-corrected chi connectivity index (χ3v) is 5.14. The van der Waals surface area contributed by atoms with Gasteiger partial charge in [0, 0.05) is 19.1 Å². The Kier molecular flexibility index (Phi) is 4.39. The van der Waals surface area contributed by atoms with Crippen LogP contribution in [-0.2, 0) is 9.53 Å². The van der Waals surface area contributed by atoms with Crippen molar-refractivity contribution < 1.29 is 19.1 Å². The lowest BCUT2D eigenvalue weighted by atomic mass is 10.0. The van der Waals surface area contributed by atoms with Crippen molar-refractivity contribution >= 4 is 17.9 Å². The molecule has 4 rings (SSSR count). The molecule has 3 heterocycles. The number of cyclic esters (lactones) is 1. The van der Waals surface area contributed by atoms with E-state index >= 15 is 0 Å². The zero-order valence-corrected chi connectivity index (χ0v) is 15.0. The Bertz CT molecular complexity index is 868. The summed E-state index contributed by atoms with van der Waals surface area (Å²) in [6, 6.07) is 9.45. The van der Waals surface area contributed by atoms with Gasteiger partial charge < -0.3 is 9.64 Å². The third kappa shape index (κ3) is 3.07. The molecule has 2 saturated heterocycles. The minimum absolute atomic E-state index is 0.0801. The van der Waals surface area contributed by atoms with E-state index < -0.39 is 6.09 Å². The molecule has 2 aliphatic rings. The highest BCUT2D eigenvalue weighted by molar-refractivity contribution is 5.98. The molecule has 1 aromatic heterocycles. The highest BCUT2D eigenvalue weighted by Crippen LogP contribution is 2.23. The number of hydrogen-bond acceptors (Lipinski definition) is 5. The van der Waals surface area contributed by atoms with Crippen LogP contribution in [0.5, 0.6) is 0 Å². The van der Waals surface area contributed by atoms with Crippen molar-refractivity contribution in [1.82, 2.24) is 19.6 Å². The van der Waals surface area contributed by atoms with Gasteiger partial charge >= 0.3 is 6.09 Å². The maximum absolute atomic E-state index is 12.9. The molecule has 0 N–H and O–H groups in total. The highest BCUT2D eigenvalue weighted by atomic mass is 16.6. The van der Waals surface area contributed by atoms with Gasteiger partial charge in [-0.05, 0) is 31.9 Å². The van der Waals surface area contributed by atoms with Gasteiger partial charge in [-0.2, -0.15) is 5.10 Å². The van der Waals surface area contributed by atoms with Crippen LogP contribution in [0.25, 0.3) is 5.69 Å². The van der Waals surface area contributed by atoms with Crippen LogP contribution < -0.4 is 0 Å². The monoisotopic (exact) mass is 368 g/mol. The predicted octanol–water partition coefficient (Wildman–Crippen LogP) is 1.76. The Balaban J connectivity index is 1.45. The molecule has 1 aromatic carbocycles. The summed E-state index contributed by atoms with van der Waals surface area (Å²) >= 11 is 0. The number of benzene rings is 1. The topological polar surface area (TPSA) is 84.7 Å². The first kappa shape index (κ1) is 17.3. The van der Waals surface area contributed by atoms with E-state index in [1.165, 1.54) is 4.90 Å². The summed E-state index contributed by atoms with van der Waals surface area (Å²) in [7, 11) is 0. The van der Waals surface area contributed by atoms with E-state index in [0.29, 0.717) is 31.5 Å². The summed E-state index contributed by atoms with van der Waals surface area (Å²) < 4.78 is 6.53. The number of imide groups is 1. The molecule has 0 unspecified atom stereocenters. The van der Waals surface area contributed by atoms with Gasteiger partial charge in [0.2, 0.25) is 0 Å². The molecule has 0 saturated carbocycles. The largest absolute Gasteiger partial charge is 0.439 e. The van der Waals surface area contributed by atoms with Gasteiger partial charge in [-0.15, -0.1) is 0 Å². The predicted molar refractivity (Wildman–Crippen MR) is 95.4 cm³/mol. The number of amides is 3. The quantitative estimate of drug-likeness (QED) is 0.824. The summed E-state index contributed by atoms with van der Waals surface area (Å²) in [5.74, 6) is -0.381. The van der Waals surface area contributed by atoms with Gasteiger partial charge in [-0.3, -0.25) is 9.59 Å². The molecule has 2 aliphatic heterocycles. The number of carbonyl (C=O) groups excluding carboxylic acids is 3. The maximum Gasteiger partial charge on any atom is 0.417 e. The molecule has 8 heteroatoms. The van der Waals surface area contributed by atoms with Crippen molar-refractivity contribution in [2.75, 3.05) is 19.7 Å². The number of ether oxygens (including phenoxy) is 1. The Morgan fingerprint density at radius 1 is 1.15 bits per heavy atom. The maximum atomic E-state index is 12.9. The van der Waals surface area contributed by atoms with Gasteiger partial charge in [-0.25, -0.2) is 14.4 Å². The molecule has 3 amide bonds. The average Bonchev–Trinajstić information content (AvgIpc) is 3.24. The highest BCUT2D eigenvalue weighted by Gasteiger charge is 2.39. The van der Waals surface area contributed by atoms with E-state index in [2.05, 4.69) is 5.10 Å². The van der Waals surface area contributed by atoms with Gasteiger partial charge in [0.05, 0.1) is 23.1 Å². The first-order chi connectivity index (χ1) is 13.1. The fourth-order valence-electron chi connectivity index (χ4n) is 3.66. The van der Waals surface area contributed by atoms with Crippen LogP contribution in [0.15, 0.2) is 36.5 Å². The van der Waals surface area contributed by atoms with Crippen molar-refractivity contribution in [2.24, 2.45) is 0 Å². The van der Waals surface area contributed by atoms with Gasteiger partial charge in [0.25, 0.3) is 11.8 Å². The van der Waals surface area contributed by atoms with Crippen molar-refractivity contribution in [3.63, 3.8) is 0 Å². The van der Waals surface area contributed by atoms with E-state index in [0.717, 1.165) is 11.4 Å². The number of piperidine rings is 1. The number of para-hydroxylation sites is 1. The normalized spacial score (nSPS) is 18.1. The number of hydrogen-bond donors (Lipinski definition) is 0.